The van der Waals surface area contributed by atoms with Gasteiger partial charge in [-0.1, -0.05) is 49.1 Å². The number of nitrogens with one attached hydrogen (secondary N) is 1. The van der Waals surface area contributed by atoms with Crippen molar-refractivity contribution in [3.63, 3.8) is 0 Å². The van der Waals surface area contributed by atoms with E-state index in [1.807, 2.05) is 48.7 Å². The van der Waals surface area contributed by atoms with Gasteiger partial charge in [-0.3, -0.25) is 0 Å². The van der Waals surface area contributed by atoms with Crippen LogP contribution in [-0.4, -0.2) is 49.2 Å². The van der Waals surface area contributed by atoms with Crippen LogP contribution in [-0.2, 0) is 14.3 Å². The third kappa shape index (κ3) is 5.96. The van der Waals surface area contributed by atoms with E-state index >= 15 is 0 Å². The summed E-state index contributed by atoms with van der Waals surface area (Å²) in [6.45, 7) is 3.14. The first-order chi connectivity index (χ1) is 14.2. The molecule has 0 spiro atoms. The highest BCUT2D eigenvalue weighted by molar-refractivity contribution is 5.86. The smallest absolute Gasteiger partial charge is 0.411 e. The lowest BCUT2D eigenvalue weighted by Crippen LogP contribution is -2.45. The van der Waals surface area contributed by atoms with Gasteiger partial charge in [0.05, 0.1) is 6.61 Å². The molecule has 0 saturated carbocycles. The fourth-order valence-corrected chi connectivity index (χ4v) is 3.15. The Morgan fingerprint density at radius 3 is 2.63 bits per heavy atom. The van der Waals surface area contributed by atoms with Gasteiger partial charge in [-0.25, -0.2) is 9.59 Å². The number of hydrogen-bond acceptors (Lipinski definition) is 4. The summed E-state index contributed by atoms with van der Waals surface area (Å²) in [6.07, 6.45) is -0.194. The number of benzene rings is 1. The number of carboxylic acids is 1. The minimum atomic E-state index is -4.60. The first kappa shape index (κ1) is 23.2. The maximum Gasteiger partial charge on any atom is 0.411 e. The molecule has 1 aromatic rings. The molecular weight excluding hydrogens is 403 g/mol. The molecule has 2 rings (SSSR count). The predicted molar refractivity (Wildman–Crippen MR) is 104 cm³/mol. The van der Waals surface area contributed by atoms with Gasteiger partial charge >= 0.3 is 18.2 Å². The summed E-state index contributed by atoms with van der Waals surface area (Å²) in [5, 5.41) is 11.1. The summed E-state index contributed by atoms with van der Waals surface area (Å²) >= 11 is 0. The normalized spacial score (nSPS) is 17.0. The highest BCUT2D eigenvalue weighted by atomic mass is 19.4. The largest absolute Gasteiger partial charge is 0.480 e. The predicted octanol–water partition coefficient (Wildman–Crippen LogP) is 4.06. The van der Waals surface area contributed by atoms with Crippen molar-refractivity contribution in [2.24, 2.45) is 0 Å². The molecule has 1 unspecified atom stereocenters. The van der Waals surface area contributed by atoms with Gasteiger partial charge in [0.15, 0.2) is 6.04 Å². The molecule has 2 N–H and O–H groups in total. The topological polar surface area (TPSA) is 84.9 Å². The molecule has 0 radical (unpaired) electrons. The first-order valence-corrected chi connectivity index (χ1v) is 9.07. The maximum atomic E-state index is 12.1. The van der Waals surface area contributed by atoms with Gasteiger partial charge in [0.1, 0.15) is 13.2 Å². The van der Waals surface area contributed by atoms with E-state index in [9.17, 15) is 22.8 Å². The van der Waals surface area contributed by atoms with Gasteiger partial charge in [-0.2, -0.15) is 13.2 Å². The maximum absolute atomic E-state index is 12.1. The number of hydrogen-bond donors (Lipinski definition) is 2. The van der Waals surface area contributed by atoms with Crippen LogP contribution in [0.25, 0.3) is 5.57 Å². The summed E-state index contributed by atoms with van der Waals surface area (Å²) < 4.78 is 45.9. The number of alkyl halides is 3. The van der Waals surface area contributed by atoms with E-state index in [1.165, 1.54) is 0 Å². The summed E-state index contributed by atoms with van der Waals surface area (Å²) in [4.78, 5) is 23.2. The fraction of sp³-hybridized carbons (Fsp3) is 0.333. The third-order valence-corrected chi connectivity index (χ3v) is 4.39. The number of carboxylic acid groups (broad SMARTS) is 1. The van der Waals surface area contributed by atoms with E-state index in [2.05, 4.69) is 11.3 Å². The van der Waals surface area contributed by atoms with Crippen molar-refractivity contribution in [2.75, 3.05) is 19.8 Å². The van der Waals surface area contributed by atoms with Gasteiger partial charge in [0.25, 0.3) is 0 Å². The molecule has 0 bridgehead atoms. The molecule has 1 aliphatic carbocycles. The molecule has 0 fully saturated rings. The SMILES string of the molecule is C=CC1=C(/C=C\C)c2ccccc2[C@H]1COC(=O)NC(COCC(F)(F)F)C(=O)O. The monoisotopic (exact) mass is 425 g/mol. The molecule has 0 heterocycles. The van der Waals surface area contributed by atoms with Crippen LogP contribution >= 0.6 is 0 Å². The Morgan fingerprint density at radius 2 is 2.03 bits per heavy atom. The number of fused-ring (bicyclic) bond motifs is 1. The van der Waals surface area contributed by atoms with Crippen LogP contribution in [0.5, 0.6) is 0 Å². The fourth-order valence-electron chi connectivity index (χ4n) is 3.15. The van der Waals surface area contributed by atoms with Crippen molar-refractivity contribution >= 4 is 17.6 Å². The molecular formula is C21H22F3NO5. The van der Waals surface area contributed by atoms with Gasteiger partial charge in [0, 0.05) is 5.92 Å². The van der Waals surface area contributed by atoms with Crippen molar-refractivity contribution in [1.82, 2.24) is 5.32 Å². The minimum Gasteiger partial charge on any atom is -0.480 e. The lowest BCUT2D eigenvalue weighted by molar-refractivity contribution is -0.177. The van der Waals surface area contributed by atoms with Gasteiger partial charge in [-0.15, -0.1) is 0 Å². The summed E-state index contributed by atoms with van der Waals surface area (Å²) in [5.41, 5.74) is 3.70. The number of carbonyl (C=O) groups excluding carboxylic acids is 1. The van der Waals surface area contributed by atoms with E-state index in [0.29, 0.717) is 0 Å². The van der Waals surface area contributed by atoms with Crippen LogP contribution in [0.1, 0.15) is 24.0 Å². The number of carbonyl (C=O) groups is 2. The quantitative estimate of drug-likeness (QED) is 0.623. The minimum absolute atomic E-state index is 0.0962. The molecule has 0 saturated heterocycles. The second-order valence-electron chi connectivity index (χ2n) is 6.48. The van der Waals surface area contributed by atoms with Crippen LogP contribution in [0.2, 0.25) is 0 Å². The van der Waals surface area contributed by atoms with Crippen molar-refractivity contribution in [3.8, 4) is 0 Å². The van der Waals surface area contributed by atoms with Crippen molar-refractivity contribution in [3.05, 3.63) is 65.8 Å². The molecule has 162 valence electrons. The van der Waals surface area contributed by atoms with Crippen molar-refractivity contribution < 1.29 is 37.3 Å². The average molecular weight is 425 g/mol. The highest BCUT2D eigenvalue weighted by Crippen LogP contribution is 2.43. The number of halogens is 3. The molecule has 1 aliphatic rings. The zero-order chi connectivity index (χ0) is 22.3. The van der Waals surface area contributed by atoms with Crippen LogP contribution in [0.3, 0.4) is 0 Å². The lowest BCUT2D eigenvalue weighted by atomic mass is 9.97. The van der Waals surface area contributed by atoms with Crippen molar-refractivity contribution in [1.29, 1.82) is 0 Å². The Labute approximate surface area is 171 Å². The van der Waals surface area contributed by atoms with E-state index in [4.69, 9.17) is 9.84 Å². The Hall–Kier alpha value is -3.07. The van der Waals surface area contributed by atoms with Crippen molar-refractivity contribution in [2.45, 2.75) is 25.1 Å². The molecule has 6 nitrogen and oxygen atoms in total. The molecule has 2 atom stereocenters. The van der Waals surface area contributed by atoms with Gasteiger partial charge < -0.3 is 19.9 Å². The van der Waals surface area contributed by atoms with E-state index < -0.39 is 37.5 Å². The number of ether oxygens (including phenoxy) is 2. The Balaban J connectivity index is 2.03. The van der Waals surface area contributed by atoms with Crippen LogP contribution in [0, 0.1) is 0 Å². The second-order valence-corrected chi connectivity index (χ2v) is 6.48. The van der Waals surface area contributed by atoms with E-state index in [-0.39, 0.29) is 12.5 Å². The Bertz CT molecular complexity index is 860. The zero-order valence-electron chi connectivity index (χ0n) is 16.2. The average Bonchev–Trinajstić information content (AvgIpc) is 2.97. The number of alkyl carbamates (subject to hydrolysis) is 1. The Kier molecular flexibility index (Phi) is 7.82. The summed E-state index contributed by atoms with van der Waals surface area (Å²) in [7, 11) is 0. The number of aliphatic carboxylic acids is 1. The molecule has 30 heavy (non-hydrogen) atoms. The van der Waals surface area contributed by atoms with Gasteiger partial charge in [-0.05, 0) is 29.2 Å². The number of rotatable bonds is 9. The highest BCUT2D eigenvalue weighted by Gasteiger charge is 2.31. The molecule has 0 aliphatic heterocycles. The summed E-state index contributed by atoms with van der Waals surface area (Å²) in [6, 6.07) is 5.89. The van der Waals surface area contributed by atoms with Crippen LogP contribution in [0.15, 0.2) is 54.6 Å². The van der Waals surface area contributed by atoms with E-state index in [1.54, 1.807) is 6.08 Å². The molecule has 1 amide bonds. The van der Waals surface area contributed by atoms with Crippen LogP contribution < -0.4 is 5.32 Å². The second kappa shape index (κ2) is 10.1. The number of allylic oxidation sites excluding steroid dienone is 4. The van der Waals surface area contributed by atoms with Crippen LogP contribution in [0.4, 0.5) is 18.0 Å². The third-order valence-electron chi connectivity index (χ3n) is 4.39. The lowest BCUT2D eigenvalue weighted by Gasteiger charge is -2.18. The first-order valence-electron chi connectivity index (χ1n) is 9.07. The molecule has 0 aromatic heterocycles. The molecule has 1 aromatic carbocycles. The zero-order valence-corrected chi connectivity index (χ0v) is 16.2. The Morgan fingerprint density at radius 1 is 1.33 bits per heavy atom. The number of amides is 1. The molecule has 9 heteroatoms. The van der Waals surface area contributed by atoms with E-state index in [0.717, 1.165) is 22.3 Å². The standard InChI is InChI=1S/C21H22F3NO5/c1-3-7-14-13(4-2)17(16-9-6-5-8-15(14)16)10-30-20(28)25-18(19(26)27)11-29-12-21(22,23)24/h3-9,17-18H,2,10-12H2,1H3,(H,25,28)(H,26,27)/b7-3-/t17-,18?/m0/s1. The van der Waals surface area contributed by atoms with Gasteiger partial charge in [0.2, 0.25) is 0 Å². The summed E-state index contributed by atoms with van der Waals surface area (Å²) in [5.74, 6) is -1.84.